The van der Waals surface area contributed by atoms with E-state index in [1.165, 1.54) is 10.8 Å². The number of benzene rings is 2. The Balaban J connectivity index is 1.57. The van der Waals surface area contributed by atoms with E-state index in [0.717, 1.165) is 34.7 Å². The molecule has 3 nitrogen and oxygen atoms in total. The number of hydrogen-bond donors (Lipinski definition) is 0. The van der Waals surface area contributed by atoms with Crippen molar-refractivity contribution < 1.29 is 9.59 Å². The largest absolute Gasteiger partial charge is 0.298 e. The average molecular weight is 361 g/mol. The number of thiazole rings is 1. The molecule has 2 bridgehead atoms. The lowest BCUT2D eigenvalue weighted by molar-refractivity contribution is -0.136. The maximum absolute atomic E-state index is 12.8. The van der Waals surface area contributed by atoms with E-state index in [9.17, 15) is 9.59 Å². The van der Waals surface area contributed by atoms with Gasteiger partial charge in [-0.15, -0.1) is 11.3 Å². The minimum atomic E-state index is -0.633. The van der Waals surface area contributed by atoms with Crippen molar-refractivity contribution in [1.29, 1.82) is 0 Å². The molecular weight excluding hydrogens is 342 g/mol. The van der Waals surface area contributed by atoms with Crippen LogP contribution in [0.3, 0.4) is 0 Å². The molecule has 1 heterocycles. The van der Waals surface area contributed by atoms with Gasteiger partial charge in [-0.25, -0.2) is 4.98 Å². The standard InChI is InChI=1S/C22H19NO2S/c1-12-19(18-20(24)15-7-8-16(11-15)21(18)25)23-22(26-12)17-9-6-13-4-2-3-5-14(13)10-17/h2-6,9-10,15-16,18H,7-8,11H2,1H3/t15-,16+,18?. The maximum atomic E-state index is 12.8. The number of carbonyl (C=O) groups excluding carboxylic acids is 2. The smallest absolute Gasteiger partial charge is 0.152 e. The highest BCUT2D eigenvalue weighted by molar-refractivity contribution is 7.15. The summed E-state index contributed by atoms with van der Waals surface area (Å²) >= 11 is 1.58. The highest BCUT2D eigenvalue weighted by atomic mass is 32.1. The Kier molecular flexibility index (Phi) is 3.57. The topological polar surface area (TPSA) is 47.0 Å². The zero-order valence-corrected chi connectivity index (χ0v) is 15.4. The van der Waals surface area contributed by atoms with Crippen LogP contribution in [0, 0.1) is 18.8 Å². The van der Waals surface area contributed by atoms with Crippen molar-refractivity contribution in [2.45, 2.75) is 32.1 Å². The van der Waals surface area contributed by atoms with Crippen molar-refractivity contribution >= 4 is 33.7 Å². The fraction of sp³-hybridized carbons (Fsp3) is 0.318. The van der Waals surface area contributed by atoms with Gasteiger partial charge in [0, 0.05) is 22.3 Å². The third-order valence-electron chi connectivity index (χ3n) is 5.91. The molecule has 3 aromatic rings. The van der Waals surface area contributed by atoms with Gasteiger partial charge in [0.15, 0.2) is 11.6 Å². The molecule has 26 heavy (non-hydrogen) atoms. The summed E-state index contributed by atoms with van der Waals surface area (Å²) in [5, 5.41) is 3.25. The molecule has 0 amide bonds. The normalized spacial score (nSPS) is 25.2. The third-order valence-corrected chi connectivity index (χ3v) is 6.94. The molecule has 0 N–H and O–H groups in total. The lowest BCUT2D eigenvalue weighted by atomic mass is 9.77. The molecule has 2 aromatic carbocycles. The minimum Gasteiger partial charge on any atom is -0.298 e. The van der Waals surface area contributed by atoms with E-state index in [2.05, 4.69) is 30.3 Å². The highest BCUT2D eigenvalue weighted by Gasteiger charge is 2.48. The first-order chi connectivity index (χ1) is 12.6. The number of aryl methyl sites for hydroxylation is 1. The molecule has 2 aliphatic rings. The van der Waals surface area contributed by atoms with Gasteiger partial charge in [0.1, 0.15) is 10.9 Å². The van der Waals surface area contributed by atoms with Crippen LogP contribution < -0.4 is 0 Å². The van der Waals surface area contributed by atoms with Crippen molar-refractivity contribution in [3.8, 4) is 10.6 Å². The van der Waals surface area contributed by atoms with Gasteiger partial charge in [0.05, 0.1) is 5.69 Å². The second kappa shape index (κ2) is 5.85. The molecule has 0 aliphatic heterocycles. The van der Waals surface area contributed by atoms with Crippen LogP contribution in [0.2, 0.25) is 0 Å². The van der Waals surface area contributed by atoms with Crippen LogP contribution in [0.1, 0.15) is 35.8 Å². The third kappa shape index (κ3) is 2.36. The lowest BCUT2D eigenvalue weighted by Gasteiger charge is -2.24. The summed E-state index contributed by atoms with van der Waals surface area (Å²) in [5.41, 5.74) is 1.74. The Morgan fingerprint density at radius 3 is 2.38 bits per heavy atom. The minimum absolute atomic E-state index is 0.0629. The summed E-state index contributed by atoms with van der Waals surface area (Å²) in [4.78, 5) is 31.4. The summed E-state index contributed by atoms with van der Waals surface area (Å²) in [5.74, 6) is -0.308. The molecule has 4 heteroatoms. The van der Waals surface area contributed by atoms with Gasteiger partial charge in [-0.3, -0.25) is 9.59 Å². The predicted octanol–water partition coefficient (Wildman–Crippen LogP) is 4.92. The number of nitrogens with zero attached hydrogens (tertiary/aromatic N) is 1. The summed E-state index contributed by atoms with van der Waals surface area (Å²) in [7, 11) is 0. The van der Waals surface area contributed by atoms with E-state index in [1.807, 2.05) is 19.1 Å². The average Bonchev–Trinajstić information content (AvgIpc) is 3.26. The predicted molar refractivity (Wildman–Crippen MR) is 103 cm³/mol. The molecular formula is C22H19NO2S. The number of fused-ring (bicyclic) bond motifs is 3. The van der Waals surface area contributed by atoms with Gasteiger partial charge >= 0.3 is 0 Å². The van der Waals surface area contributed by atoms with E-state index in [4.69, 9.17) is 4.98 Å². The second-order valence-corrected chi connectivity index (χ2v) is 8.67. The summed E-state index contributed by atoms with van der Waals surface area (Å²) in [6, 6.07) is 14.5. The molecule has 0 saturated heterocycles. The van der Waals surface area contributed by atoms with Gasteiger partial charge in [-0.05, 0) is 43.0 Å². The summed E-state index contributed by atoms with van der Waals surface area (Å²) in [6.07, 6.45) is 2.49. The van der Waals surface area contributed by atoms with E-state index < -0.39 is 5.92 Å². The van der Waals surface area contributed by atoms with Gasteiger partial charge in [0.25, 0.3) is 0 Å². The molecule has 1 unspecified atom stereocenters. The molecule has 0 radical (unpaired) electrons. The van der Waals surface area contributed by atoms with Crippen LogP contribution >= 0.6 is 11.3 Å². The number of carbonyl (C=O) groups is 2. The molecule has 0 spiro atoms. The van der Waals surface area contributed by atoms with Crippen LogP contribution in [0.4, 0.5) is 0 Å². The fourth-order valence-electron chi connectivity index (χ4n) is 4.50. The van der Waals surface area contributed by atoms with Crippen molar-refractivity contribution in [2.75, 3.05) is 0 Å². The molecule has 3 atom stereocenters. The van der Waals surface area contributed by atoms with Crippen molar-refractivity contribution in [1.82, 2.24) is 4.98 Å². The number of aromatic nitrogens is 1. The Bertz CT molecular complexity index is 1030. The Hall–Kier alpha value is -2.33. The maximum Gasteiger partial charge on any atom is 0.152 e. The summed E-state index contributed by atoms with van der Waals surface area (Å²) in [6.45, 7) is 1.98. The van der Waals surface area contributed by atoms with Crippen molar-refractivity contribution in [3.63, 3.8) is 0 Å². The number of rotatable bonds is 2. The number of Topliss-reactive ketones (excluding diaryl/α,β-unsaturated/α-hetero) is 2. The van der Waals surface area contributed by atoms with Crippen LogP contribution in [-0.4, -0.2) is 16.6 Å². The Morgan fingerprint density at radius 2 is 1.65 bits per heavy atom. The molecule has 2 saturated carbocycles. The zero-order valence-electron chi connectivity index (χ0n) is 14.6. The lowest BCUT2D eigenvalue weighted by Crippen LogP contribution is -2.35. The van der Waals surface area contributed by atoms with E-state index in [0.29, 0.717) is 5.69 Å². The van der Waals surface area contributed by atoms with E-state index in [-0.39, 0.29) is 23.4 Å². The molecule has 1 aromatic heterocycles. The first-order valence-corrected chi connectivity index (χ1v) is 9.97. The van der Waals surface area contributed by atoms with Crippen LogP contribution in [0.15, 0.2) is 42.5 Å². The Labute approximate surface area is 156 Å². The van der Waals surface area contributed by atoms with Gasteiger partial charge in [-0.2, -0.15) is 0 Å². The van der Waals surface area contributed by atoms with E-state index in [1.54, 1.807) is 11.3 Å². The van der Waals surface area contributed by atoms with Gasteiger partial charge in [-0.1, -0.05) is 36.4 Å². The zero-order chi connectivity index (χ0) is 17.8. The first-order valence-electron chi connectivity index (χ1n) is 9.16. The van der Waals surface area contributed by atoms with Crippen molar-refractivity contribution in [2.24, 2.45) is 11.8 Å². The van der Waals surface area contributed by atoms with Crippen molar-refractivity contribution in [3.05, 3.63) is 53.0 Å². The molecule has 130 valence electrons. The second-order valence-electron chi connectivity index (χ2n) is 7.47. The first kappa shape index (κ1) is 15.9. The quantitative estimate of drug-likeness (QED) is 0.609. The van der Waals surface area contributed by atoms with Crippen LogP contribution in [0.5, 0.6) is 0 Å². The van der Waals surface area contributed by atoms with Crippen LogP contribution in [0.25, 0.3) is 21.3 Å². The SMILES string of the molecule is Cc1sc(-c2ccc3ccccc3c2)nc1C1C(=O)[C@@H]2CC[C@@H](C2)C1=O. The van der Waals surface area contributed by atoms with Gasteiger partial charge in [0.2, 0.25) is 0 Å². The Morgan fingerprint density at radius 1 is 0.962 bits per heavy atom. The highest BCUT2D eigenvalue weighted by Crippen LogP contribution is 2.45. The van der Waals surface area contributed by atoms with Gasteiger partial charge < -0.3 is 0 Å². The fourth-order valence-corrected chi connectivity index (χ4v) is 5.45. The monoisotopic (exact) mass is 361 g/mol. The molecule has 2 fully saturated rings. The molecule has 2 aliphatic carbocycles. The van der Waals surface area contributed by atoms with Crippen LogP contribution in [-0.2, 0) is 9.59 Å². The van der Waals surface area contributed by atoms with E-state index >= 15 is 0 Å². The molecule has 5 rings (SSSR count). The number of ketones is 2. The number of hydrogen-bond acceptors (Lipinski definition) is 4. The summed E-state index contributed by atoms with van der Waals surface area (Å²) < 4.78 is 0.